The summed E-state index contributed by atoms with van der Waals surface area (Å²) in [6, 6.07) is 7.81. The van der Waals surface area contributed by atoms with Crippen molar-refractivity contribution in [2.75, 3.05) is 18.0 Å². The number of thiazole rings is 1. The van der Waals surface area contributed by atoms with Gasteiger partial charge in [-0.15, -0.1) is 11.3 Å². The molecule has 0 radical (unpaired) electrons. The normalized spacial score (nSPS) is 23.1. The van der Waals surface area contributed by atoms with Gasteiger partial charge in [0, 0.05) is 29.1 Å². The number of aromatic nitrogens is 1. The van der Waals surface area contributed by atoms with Crippen molar-refractivity contribution in [3.63, 3.8) is 0 Å². The van der Waals surface area contributed by atoms with Crippen LogP contribution in [0.4, 0.5) is 5.13 Å². The van der Waals surface area contributed by atoms with E-state index in [-0.39, 0.29) is 12.2 Å². The van der Waals surface area contributed by atoms with Crippen LogP contribution in [-0.2, 0) is 4.74 Å². The summed E-state index contributed by atoms with van der Waals surface area (Å²) in [5, 5.41) is 3.92. The first kappa shape index (κ1) is 13.9. The molecule has 0 saturated carbocycles. The Bertz CT molecular complexity index is 574. The zero-order valence-electron chi connectivity index (χ0n) is 11.5. The molecule has 3 rings (SSSR count). The van der Waals surface area contributed by atoms with E-state index >= 15 is 0 Å². The highest BCUT2D eigenvalue weighted by molar-refractivity contribution is 7.14. The number of hydrogen-bond donors (Lipinski definition) is 0. The molecule has 20 heavy (non-hydrogen) atoms. The third kappa shape index (κ3) is 2.97. The van der Waals surface area contributed by atoms with Crippen LogP contribution in [0.25, 0.3) is 11.3 Å². The first-order valence-electron chi connectivity index (χ1n) is 6.73. The van der Waals surface area contributed by atoms with E-state index in [2.05, 4.69) is 24.1 Å². The highest BCUT2D eigenvalue weighted by Crippen LogP contribution is 2.29. The minimum Gasteiger partial charge on any atom is -0.372 e. The molecular weight excluding hydrogens is 292 g/mol. The molecule has 2 aromatic rings. The number of rotatable bonds is 2. The maximum Gasteiger partial charge on any atom is 0.186 e. The molecule has 5 heteroatoms. The predicted octanol–water partition coefficient (Wildman–Crippen LogP) is 4.08. The van der Waals surface area contributed by atoms with Crippen LogP contribution in [0.5, 0.6) is 0 Å². The Kier molecular flexibility index (Phi) is 3.96. The van der Waals surface area contributed by atoms with Gasteiger partial charge in [-0.1, -0.05) is 23.7 Å². The number of morpholine rings is 1. The highest BCUT2D eigenvalue weighted by Gasteiger charge is 2.24. The minimum absolute atomic E-state index is 0.252. The summed E-state index contributed by atoms with van der Waals surface area (Å²) < 4.78 is 5.76. The van der Waals surface area contributed by atoms with E-state index < -0.39 is 0 Å². The van der Waals surface area contributed by atoms with Gasteiger partial charge in [-0.25, -0.2) is 4.98 Å². The number of nitrogens with zero attached hydrogens (tertiary/aromatic N) is 2. The maximum absolute atomic E-state index is 5.92. The van der Waals surface area contributed by atoms with Crippen LogP contribution in [0.3, 0.4) is 0 Å². The van der Waals surface area contributed by atoms with Crippen molar-refractivity contribution in [1.82, 2.24) is 4.98 Å². The van der Waals surface area contributed by atoms with Gasteiger partial charge in [0.2, 0.25) is 0 Å². The summed E-state index contributed by atoms with van der Waals surface area (Å²) in [5.74, 6) is 0. The summed E-state index contributed by atoms with van der Waals surface area (Å²) in [4.78, 5) is 7.06. The van der Waals surface area contributed by atoms with Crippen molar-refractivity contribution >= 4 is 28.1 Å². The molecule has 1 aromatic heterocycles. The maximum atomic E-state index is 5.92. The Labute approximate surface area is 128 Å². The zero-order valence-corrected chi connectivity index (χ0v) is 13.1. The second-order valence-electron chi connectivity index (χ2n) is 5.18. The average molecular weight is 309 g/mol. The van der Waals surface area contributed by atoms with Gasteiger partial charge < -0.3 is 9.64 Å². The fraction of sp³-hybridized carbons (Fsp3) is 0.400. The van der Waals surface area contributed by atoms with Gasteiger partial charge in [-0.2, -0.15) is 0 Å². The Balaban J connectivity index is 1.81. The van der Waals surface area contributed by atoms with Crippen molar-refractivity contribution in [1.29, 1.82) is 0 Å². The van der Waals surface area contributed by atoms with Gasteiger partial charge in [0.25, 0.3) is 0 Å². The second-order valence-corrected chi connectivity index (χ2v) is 6.46. The molecule has 1 aromatic carbocycles. The van der Waals surface area contributed by atoms with Crippen LogP contribution < -0.4 is 4.90 Å². The van der Waals surface area contributed by atoms with Crippen molar-refractivity contribution in [2.45, 2.75) is 26.1 Å². The molecule has 106 valence electrons. The molecule has 2 unspecified atom stereocenters. The Morgan fingerprint density at radius 3 is 2.50 bits per heavy atom. The molecule has 3 nitrogen and oxygen atoms in total. The number of hydrogen-bond acceptors (Lipinski definition) is 4. The van der Waals surface area contributed by atoms with Gasteiger partial charge >= 0.3 is 0 Å². The lowest BCUT2D eigenvalue weighted by Crippen LogP contribution is -2.45. The molecule has 2 atom stereocenters. The minimum atomic E-state index is 0.252. The predicted molar refractivity (Wildman–Crippen MR) is 84.8 cm³/mol. The molecule has 0 aliphatic carbocycles. The largest absolute Gasteiger partial charge is 0.372 e. The SMILES string of the molecule is CC1CN(c2nc(-c3ccc(Cl)cc3)cs2)CC(C)O1. The van der Waals surface area contributed by atoms with E-state index in [9.17, 15) is 0 Å². The smallest absolute Gasteiger partial charge is 0.186 e. The molecule has 0 spiro atoms. The molecule has 1 fully saturated rings. The summed E-state index contributed by atoms with van der Waals surface area (Å²) in [7, 11) is 0. The molecular formula is C15H17ClN2OS. The lowest BCUT2D eigenvalue weighted by molar-refractivity contribution is -0.00522. The average Bonchev–Trinajstić information content (AvgIpc) is 2.88. The van der Waals surface area contributed by atoms with Crippen LogP contribution in [0, 0.1) is 0 Å². The van der Waals surface area contributed by atoms with Gasteiger partial charge in [0.1, 0.15) is 0 Å². The fourth-order valence-corrected chi connectivity index (χ4v) is 3.48. The summed E-state index contributed by atoms with van der Waals surface area (Å²) in [6.45, 7) is 6.02. The number of anilines is 1. The third-order valence-corrected chi connectivity index (χ3v) is 4.48. The Morgan fingerprint density at radius 2 is 1.85 bits per heavy atom. The topological polar surface area (TPSA) is 25.4 Å². The van der Waals surface area contributed by atoms with Crippen LogP contribution >= 0.6 is 22.9 Å². The van der Waals surface area contributed by atoms with Crippen molar-refractivity contribution < 1.29 is 4.74 Å². The van der Waals surface area contributed by atoms with Gasteiger partial charge in [0.15, 0.2) is 5.13 Å². The quantitative estimate of drug-likeness (QED) is 0.836. The molecule has 0 N–H and O–H groups in total. The van der Waals surface area contributed by atoms with Gasteiger partial charge in [0.05, 0.1) is 17.9 Å². The van der Waals surface area contributed by atoms with E-state index in [1.807, 2.05) is 24.3 Å². The molecule has 0 amide bonds. The molecule has 0 bridgehead atoms. The van der Waals surface area contributed by atoms with Gasteiger partial charge in [-0.05, 0) is 26.0 Å². The second kappa shape index (κ2) is 5.72. The first-order chi connectivity index (χ1) is 9.61. The van der Waals surface area contributed by atoms with Gasteiger partial charge in [-0.3, -0.25) is 0 Å². The van der Waals surface area contributed by atoms with E-state index in [1.165, 1.54) is 0 Å². The number of benzene rings is 1. The molecule has 1 aliphatic rings. The Hall–Kier alpha value is -1.10. The summed E-state index contributed by atoms with van der Waals surface area (Å²) in [5.41, 5.74) is 2.11. The Morgan fingerprint density at radius 1 is 1.20 bits per heavy atom. The van der Waals surface area contributed by atoms with Crippen molar-refractivity contribution in [3.05, 3.63) is 34.7 Å². The van der Waals surface area contributed by atoms with E-state index in [1.54, 1.807) is 11.3 Å². The lowest BCUT2D eigenvalue weighted by atomic mass is 10.2. The van der Waals surface area contributed by atoms with Crippen LogP contribution in [0.2, 0.25) is 5.02 Å². The standard InChI is InChI=1S/C15H17ClN2OS/c1-10-7-18(8-11(2)19-10)15-17-14(9-20-15)12-3-5-13(16)6-4-12/h3-6,9-11H,7-8H2,1-2H3. The van der Waals surface area contributed by atoms with Crippen molar-refractivity contribution in [2.24, 2.45) is 0 Å². The van der Waals surface area contributed by atoms with E-state index in [0.29, 0.717) is 0 Å². The molecule has 1 aliphatic heterocycles. The van der Waals surface area contributed by atoms with Crippen molar-refractivity contribution in [3.8, 4) is 11.3 Å². The monoisotopic (exact) mass is 308 g/mol. The summed E-state index contributed by atoms with van der Waals surface area (Å²) >= 11 is 7.60. The lowest BCUT2D eigenvalue weighted by Gasteiger charge is -2.35. The highest BCUT2D eigenvalue weighted by atomic mass is 35.5. The first-order valence-corrected chi connectivity index (χ1v) is 7.99. The molecule has 2 heterocycles. The number of halogens is 1. The number of ether oxygens (including phenoxy) is 1. The summed E-state index contributed by atoms with van der Waals surface area (Å²) in [6.07, 6.45) is 0.503. The zero-order chi connectivity index (χ0) is 14.1. The van der Waals surface area contributed by atoms with Crippen LogP contribution in [-0.4, -0.2) is 30.3 Å². The molecule has 1 saturated heterocycles. The van der Waals surface area contributed by atoms with E-state index in [4.69, 9.17) is 21.3 Å². The third-order valence-electron chi connectivity index (χ3n) is 3.32. The fourth-order valence-electron chi connectivity index (χ4n) is 2.50. The van der Waals surface area contributed by atoms with Crippen LogP contribution in [0.15, 0.2) is 29.6 Å². The van der Waals surface area contributed by atoms with Crippen LogP contribution in [0.1, 0.15) is 13.8 Å². The van der Waals surface area contributed by atoms with E-state index in [0.717, 1.165) is 34.5 Å².